The predicted octanol–water partition coefficient (Wildman–Crippen LogP) is 3.46. The Morgan fingerprint density at radius 3 is 2.33 bits per heavy atom. The van der Waals surface area contributed by atoms with Gasteiger partial charge >= 0.3 is 0 Å². The molecule has 5 nitrogen and oxygen atoms in total. The summed E-state index contributed by atoms with van der Waals surface area (Å²) in [7, 11) is 0. The maximum Gasteiger partial charge on any atom is 0.227 e. The highest BCUT2D eigenvalue weighted by atomic mass is 16.5. The first-order valence-electron chi connectivity index (χ1n) is 10.6. The molecule has 3 saturated carbocycles. The smallest absolute Gasteiger partial charge is 0.227 e. The predicted molar refractivity (Wildman–Crippen MR) is 105 cm³/mol. The van der Waals surface area contributed by atoms with Crippen LogP contribution in [0.4, 0.5) is 5.69 Å². The zero-order valence-corrected chi connectivity index (χ0v) is 16.0. The molecule has 1 amide bonds. The third-order valence-electron chi connectivity index (χ3n) is 6.86. The molecule has 1 aromatic carbocycles. The van der Waals surface area contributed by atoms with Crippen molar-refractivity contribution in [3.05, 3.63) is 24.3 Å². The molecular formula is C22H32N2O3. The van der Waals surface area contributed by atoms with Crippen LogP contribution >= 0.6 is 0 Å². The Labute approximate surface area is 161 Å². The number of hydrogen-bond donors (Lipinski definition) is 3. The van der Waals surface area contributed by atoms with E-state index in [1.807, 2.05) is 24.3 Å². The number of nitrogens with two attached hydrogens (primary N) is 1. The molecule has 3 aliphatic rings. The van der Waals surface area contributed by atoms with Crippen LogP contribution < -0.4 is 15.8 Å². The minimum Gasteiger partial charge on any atom is -0.488 e. The highest BCUT2D eigenvalue weighted by molar-refractivity contribution is 5.92. The second-order valence-electron chi connectivity index (χ2n) is 8.72. The molecule has 4 rings (SSSR count). The topological polar surface area (TPSA) is 84.6 Å². The lowest BCUT2D eigenvalue weighted by Gasteiger charge is -2.43. The van der Waals surface area contributed by atoms with Crippen LogP contribution in [-0.2, 0) is 4.79 Å². The second kappa shape index (κ2) is 8.19. The summed E-state index contributed by atoms with van der Waals surface area (Å²) in [6.07, 6.45) is 8.81. The number of carbonyl (C=O) groups is 1. The van der Waals surface area contributed by atoms with Crippen LogP contribution in [0, 0.1) is 17.8 Å². The summed E-state index contributed by atoms with van der Waals surface area (Å²) in [6, 6.07) is 7.81. The van der Waals surface area contributed by atoms with Gasteiger partial charge in [0.1, 0.15) is 11.9 Å². The molecule has 3 aliphatic carbocycles. The van der Waals surface area contributed by atoms with Gasteiger partial charge in [0.15, 0.2) is 0 Å². The van der Waals surface area contributed by atoms with Crippen LogP contribution in [0.3, 0.4) is 0 Å². The summed E-state index contributed by atoms with van der Waals surface area (Å²) in [5, 5.41) is 13.1. The van der Waals surface area contributed by atoms with E-state index in [2.05, 4.69) is 5.32 Å². The van der Waals surface area contributed by atoms with Crippen molar-refractivity contribution in [3.8, 4) is 5.75 Å². The van der Waals surface area contributed by atoms with Crippen LogP contribution in [0.5, 0.6) is 5.75 Å². The highest BCUT2D eigenvalue weighted by Crippen LogP contribution is 2.42. The summed E-state index contributed by atoms with van der Waals surface area (Å²) in [6.45, 7) is 0. The Morgan fingerprint density at radius 1 is 1.00 bits per heavy atom. The molecule has 4 N–H and O–H groups in total. The fraction of sp³-hybridized carbons (Fsp3) is 0.682. The number of carbonyl (C=O) groups excluding carboxylic acids is 1. The minimum atomic E-state index is -0.379. The largest absolute Gasteiger partial charge is 0.488 e. The second-order valence-corrected chi connectivity index (χ2v) is 8.72. The van der Waals surface area contributed by atoms with Gasteiger partial charge in [-0.3, -0.25) is 4.79 Å². The van der Waals surface area contributed by atoms with Gasteiger partial charge < -0.3 is 20.9 Å². The molecule has 0 aliphatic heterocycles. The first-order chi connectivity index (χ1) is 13.1. The lowest BCUT2D eigenvalue weighted by molar-refractivity contribution is -0.122. The number of nitrogens with one attached hydrogen (secondary N) is 1. The fourth-order valence-corrected chi connectivity index (χ4v) is 5.25. The van der Waals surface area contributed by atoms with Gasteiger partial charge in [0.05, 0.1) is 6.10 Å². The third-order valence-corrected chi connectivity index (χ3v) is 6.86. The number of anilines is 1. The van der Waals surface area contributed by atoms with Gasteiger partial charge in [0.25, 0.3) is 0 Å². The van der Waals surface area contributed by atoms with Crippen molar-refractivity contribution in [3.63, 3.8) is 0 Å². The first-order valence-corrected chi connectivity index (χ1v) is 10.6. The van der Waals surface area contributed by atoms with E-state index in [0.29, 0.717) is 11.8 Å². The van der Waals surface area contributed by atoms with Crippen LogP contribution in [0.15, 0.2) is 24.3 Å². The molecule has 1 aromatic rings. The number of rotatable bonds is 4. The summed E-state index contributed by atoms with van der Waals surface area (Å²) < 4.78 is 5.93. The van der Waals surface area contributed by atoms with Gasteiger partial charge in [-0.15, -0.1) is 0 Å². The Bertz CT molecular complexity index is 633. The van der Waals surface area contributed by atoms with Crippen molar-refractivity contribution < 1.29 is 14.6 Å². The standard InChI is InChI=1S/C22H32N2O3/c23-21-14-4-3-5-15(21)13-16(12-14)22(26)24-17-8-10-18(11-9-17)27-20-7-2-1-6-19(20)25/h8-11,14-16,19-21,25H,1-7,12-13,23H2,(H,24,26). The fourth-order valence-electron chi connectivity index (χ4n) is 5.25. The van der Waals surface area contributed by atoms with Crippen LogP contribution in [-0.4, -0.2) is 29.3 Å². The minimum absolute atomic E-state index is 0.0772. The van der Waals surface area contributed by atoms with Crippen molar-refractivity contribution in [1.82, 2.24) is 0 Å². The van der Waals surface area contributed by atoms with Gasteiger partial charge in [0, 0.05) is 17.6 Å². The summed E-state index contributed by atoms with van der Waals surface area (Å²) in [5.74, 6) is 1.96. The SMILES string of the molecule is NC1C2CCCC1CC(C(=O)Nc1ccc(OC3CCCCC3O)cc1)C2. The van der Waals surface area contributed by atoms with Crippen molar-refractivity contribution in [2.45, 2.75) is 76.0 Å². The van der Waals surface area contributed by atoms with Gasteiger partial charge in [-0.25, -0.2) is 0 Å². The van der Waals surface area contributed by atoms with E-state index in [1.165, 1.54) is 19.3 Å². The molecule has 148 valence electrons. The monoisotopic (exact) mass is 372 g/mol. The number of hydrogen-bond acceptors (Lipinski definition) is 4. The molecule has 4 unspecified atom stereocenters. The molecular weight excluding hydrogens is 340 g/mol. The first kappa shape index (κ1) is 18.8. The van der Waals surface area contributed by atoms with E-state index in [4.69, 9.17) is 10.5 Å². The van der Waals surface area contributed by atoms with E-state index in [-0.39, 0.29) is 30.1 Å². The number of benzene rings is 1. The molecule has 0 aromatic heterocycles. The summed E-state index contributed by atoms with van der Waals surface area (Å²) in [5.41, 5.74) is 7.14. The van der Waals surface area contributed by atoms with Crippen LogP contribution in [0.2, 0.25) is 0 Å². The quantitative estimate of drug-likeness (QED) is 0.756. The number of aliphatic hydroxyl groups is 1. The van der Waals surface area contributed by atoms with Gasteiger partial charge in [-0.1, -0.05) is 12.8 Å². The molecule has 27 heavy (non-hydrogen) atoms. The highest BCUT2D eigenvalue weighted by Gasteiger charge is 2.40. The van der Waals surface area contributed by atoms with Gasteiger partial charge in [0.2, 0.25) is 5.91 Å². The number of fused-ring (bicyclic) bond motifs is 2. The van der Waals surface area contributed by atoms with Gasteiger partial charge in [-0.2, -0.15) is 0 Å². The zero-order valence-electron chi connectivity index (χ0n) is 16.0. The molecule has 4 atom stereocenters. The Hall–Kier alpha value is -1.59. The molecule has 3 fully saturated rings. The lowest BCUT2D eigenvalue weighted by Crippen LogP contribution is -2.48. The van der Waals surface area contributed by atoms with Crippen LogP contribution in [0.25, 0.3) is 0 Å². The number of amides is 1. The summed E-state index contributed by atoms with van der Waals surface area (Å²) >= 11 is 0. The molecule has 2 bridgehead atoms. The number of aliphatic hydroxyl groups excluding tert-OH is 1. The van der Waals surface area contributed by atoms with Crippen molar-refractivity contribution in [2.24, 2.45) is 23.5 Å². The average molecular weight is 373 g/mol. The van der Waals surface area contributed by atoms with Crippen molar-refractivity contribution >= 4 is 11.6 Å². The normalized spacial score (nSPS) is 36.1. The third kappa shape index (κ3) is 4.30. The lowest BCUT2D eigenvalue weighted by atomic mass is 9.65. The van der Waals surface area contributed by atoms with Crippen molar-refractivity contribution in [1.29, 1.82) is 0 Å². The Balaban J connectivity index is 1.32. The van der Waals surface area contributed by atoms with Crippen molar-refractivity contribution in [2.75, 3.05) is 5.32 Å². The molecule has 0 saturated heterocycles. The van der Waals surface area contributed by atoms with Crippen LogP contribution in [0.1, 0.15) is 57.8 Å². The Morgan fingerprint density at radius 2 is 1.67 bits per heavy atom. The molecule has 0 radical (unpaired) electrons. The Kier molecular flexibility index (Phi) is 5.69. The zero-order chi connectivity index (χ0) is 18.8. The molecule has 0 heterocycles. The van der Waals surface area contributed by atoms with E-state index in [0.717, 1.165) is 50.0 Å². The molecule has 5 heteroatoms. The maximum absolute atomic E-state index is 12.7. The molecule has 0 spiro atoms. The maximum atomic E-state index is 12.7. The van der Waals surface area contributed by atoms with E-state index >= 15 is 0 Å². The number of ether oxygens (including phenoxy) is 1. The van der Waals surface area contributed by atoms with E-state index in [9.17, 15) is 9.90 Å². The van der Waals surface area contributed by atoms with E-state index in [1.54, 1.807) is 0 Å². The van der Waals surface area contributed by atoms with Gasteiger partial charge in [-0.05, 0) is 81.0 Å². The van der Waals surface area contributed by atoms with E-state index < -0.39 is 0 Å². The summed E-state index contributed by atoms with van der Waals surface area (Å²) in [4.78, 5) is 12.7. The average Bonchev–Trinajstić information content (AvgIpc) is 2.65.